The quantitative estimate of drug-likeness (QED) is 0.544. The summed E-state index contributed by atoms with van der Waals surface area (Å²) in [5.74, 6) is -0.836. The van der Waals surface area contributed by atoms with E-state index in [4.69, 9.17) is 9.47 Å². The summed E-state index contributed by atoms with van der Waals surface area (Å²) in [7, 11) is 1.63. The second-order valence-corrected chi connectivity index (χ2v) is 3.94. The van der Waals surface area contributed by atoms with Crippen LogP contribution >= 0.6 is 0 Å². The number of hydrogen-bond acceptors (Lipinski definition) is 4. The third kappa shape index (κ3) is 6.83. The Hall–Kier alpha value is -1.53. The van der Waals surface area contributed by atoms with Crippen molar-refractivity contribution in [1.29, 1.82) is 0 Å². The topological polar surface area (TPSA) is 60.5 Å². The SMILES string of the molecule is COCCOCCCCNC(=O)c1ccc(F)nc1. The predicted octanol–water partition coefficient (Wildman–Crippen LogP) is 1.39. The van der Waals surface area contributed by atoms with Gasteiger partial charge in [-0.1, -0.05) is 0 Å². The molecule has 1 aromatic rings. The summed E-state index contributed by atoms with van der Waals surface area (Å²) in [5, 5.41) is 2.74. The first kappa shape index (κ1) is 15.5. The molecule has 0 aliphatic carbocycles. The molecule has 1 heterocycles. The van der Waals surface area contributed by atoms with Gasteiger partial charge in [0.15, 0.2) is 0 Å². The van der Waals surface area contributed by atoms with Gasteiger partial charge >= 0.3 is 0 Å². The van der Waals surface area contributed by atoms with Crippen LogP contribution in [0.4, 0.5) is 4.39 Å². The number of amides is 1. The maximum Gasteiger partial charge on any atom is 0.252 e. The summed E-state index contributed by atoms with van der Waals surface area (Å²) in [4.78, 5) is 15.0. The maximum atomic E-state index is 12.6. The number of unbranched alkanes of at least 4 members (excludes halogenated alkanes) is 1. The van der Waals surface area contributed by atoms with Crippen molar-refractivity contribution in [2.75, 3.05) is 33.5 Å². The number of rotatable bonds is 9. The largest absolute Gasteiger partial charge is 0.382 e. The normalized spacial score (nSPS) is 10.4. The molecule has 0 fully saturated rings. The van der Waals surface area contributed by atoms with E-state index >= 15 is 0 Å². The summed E-state index contributed by atoms with van der Waals surface area (Å²) in [6.07, 6.45) is 2.91. The highest BCUT2D eigenvalue weighted by Gasteiger charge is 2.04. The van der Waals surface area contributed by atoms with E-state index in [0.717, 1.165) is 12.8 Å². The molecule has 6 heteroatoms. The molecule has 1 amide bonds. The van der Waals surface area contributed by atoms with E-state index in [0.29, 0.717) is 31.9 Å². The van der Waals surface area contributed by atoms with Gasteiger partial charge in [-0.2, -0.15) is 4.39 Å². The highest BCUT2D eigenvalue weighted by molar-refractivity contribution is 5.93. The minimum absolute atomic E-state index is 0.243. The number of ether oxygens (including phenoxy) is 2. The van der Waals surface area contributed by atoms with Gasteiger partial charge in [-0.3, -0.25) is 4.79 Å². The Balaban J connectivity index is 2.06. The average Bonchev–Trinajstić information content (AvgIpc) is 2.42. The zero-order valence-corrected chi connectivity index (χ0v) is 11.0. The molecule has 0 atom stereocenters. The summed E-state index contributed by atoms with van der Waals surface area (Å²) >= 11 is 0. The van der Waals surface area contributed by atoms with Crippen LogP contribution in [0.15, 0.2) is 18.3 Å². The Morgan fingerprint density at radius 2 is 2.16 bits per heavy atom. The first-order chi connectivity index (χ1) is 9.24. The maximum absolute atomic E-state index is 12.6. The summed E-state index contributed by atoms with van der Waals surface area (Å²) in [6, 6.07) is 2.57. The lowest BCUT2D eigenvalue weighted by Gasteiger charge is -2.05. The molecule has 0 aromatic carbocycles. The van der Waals surface area contributed by atoms with E-state index < -0.39 is 5.95 Å². The van der Waals surface area contributed by atoms with Gasteiger partial charge < -0.3 is 14.8 Å². The van der Waals surface area contributed by atoms with Crippen molar-refractivity contribution in [3.8, 4) is 0 Å². The number of aromatic nitrogens is 1. The number of carbonyl (C=O) groups excluding carboxylic acids is 1. The van der Waals surface area contributed by atoms with Crippen molar-refractivity contribution in [2.24, 2.45) is 0 Å². The lowest BCUT2D eigenvalue weighted by atomic mass is 10.2. The minimum Gasteiger partial charge on any atom is -0.382 e. The van der Waals surface area contributed by atoms with Gasteiger partial charge in [-0.05, 0) is 25.0 Å². The number of nitrogens with zero attached hydrogens (tertiary/aromatic N) is 1. The Kier molecular flexibility index (Phi) is 7.69. The molecule has 0 radical (unpaired) electrons. The molecule has 0 unspecified atom stereocenters. The number of hydrogen-bond donors (Lipinski definition) is 1. The molecule has 1 aromatic heterocycles. The minimum atomic E-state index is -0.593. The molecule has 0 saturated heterocycles. The Bertz CT molecular complexity index is 371. The monoisotopic (exact) mass is 270 g/mol. The molecule has 106 valence electrons. The lowest BCUT2D eigenvalue weighted by Crippen LogP contribution is -2.24. The molecule has 5 nitrogen and oxygen atoms in total. The fourth-order valence-electron chi connectivity index (χ4n) is 1.39. The standard InChI is InChI=1S/C13H19FN2O3/c1-18-8-9-19-7-3-2-6-15-13(17)11-4-5-12(14)16-10-11/h4-5,10H,2-3,6-9H2,1H3,(H,15,17). The van der Waals surface area contributed by atoms with E-state index in [1.165, 1.54) is 18.3 Å². The smallest absolute Gasteiger partial charge is 0.252 e. The van der Waals surface area contributed by atoms with Crippen LogP contribution in [0.3, 0.4) is 0 Å². The Morgan fingerprint density at radius 1 is 1.32 bits per heavy atom. The first-order valence-corrected chi connectivity index (χ1v) is 6.20. The molecule has 0 aliphatic heterocycles. The van der Waals surface area contributed by atoms with Crippen LogP contribution < -0.4 is 5.32 Å². The first-order valence-electron chi connectivity index (χ1n) is 6.20. The van der Waals surface area contributed by atoms with E-state index in [1.807, 2.05) is 0 Å². The van der Waals surface area contributed by atoms with Crippen LogP contribution in [-0.4, -0.2) is 44.4 Å². The molecule has 1 rings (SSSR count). The molecule has 0 bridgehead atoms. The number of methoxy groups -OCH3 is 1. The Labute approximate surface area is 112 Å². The number of pyridine rings is 1. The van der Waals surface area contributed by atoms with Gasteiger partial charge in [0.1, 0.15) is 0 Å². The van der Waals surface area contributed by atoms with Gasteiger partial charge in [0.25, 0.3) is 5.91 Å². The van der Waals surface area contributed by atoms with E-state index in [2.05, 4.69) is 10.3 Å². The van der Waals surface area contributed by atoms with Gasteiger partial charge in [0.2, 0.25) is 5.95 Å². The second kappa shape index (κ2) is 9.41. The average molecular weight is 270 g/mol. The third-order valence-corrected chi connectivity index (χ3v) is 2.42. The zero-order valence-electron chi connectivity index (χ0n) is 11.0. The van der Waals surface area contributed by atoms with E-state index in [1.54, 1.807) is 7.11 Å². The van der Waals surface area contributed by atoms with Crippen molar-refractivity contribution in [3.05, 3.63) is 29.8 Å². The molecule has 19 heavy (non-hydrogen) atoms. The van der Waals surface area contributed by atoms with E-state index in [-0.39, 0.29) is 5.91 Å². The Morgan fingerprint density at radius 3 is 2.84 bits per heavy atom. The van der Waals surface area contributed by atoms with Crippen LogP contribution in [0.25, 0.3) is 0 Å². The van der Waals surface area contributed by atoms with Gasteiger partial charge in [0, 0.05) is 26.5 Å². The number of halogens is 1. The summed E-state index contributed by atoms with van der Waals surface area (Å²) in [6.45, 7) is 2.39. The van der Waals surface area contributed by atoms with Crippen LogP contribution in [0.2, 0.25) is 0 Å². The third-order valence-electron chi connectivity index (χ3n) is 2.42. The molecule has 1 N–H and O–H groups in total. The van der Waals surface area contributed by atoms with Gasteiger partial charge in [0.05, 0.1) is 18.8 Å². The molecule has 0 saturated carbocycles. The van der Waals surface area contributed by atoms with Gasteiger partial charge in [-0.15, -0.1) is 0 Å². The predicted molar refractivity (Wildman–Crippen MR) is 68.5 cm³/mol. The van der Waals surface area contributed by atoms with Crippen molar-refractivity contribution in [2.45, 2.75) is 12.8 Å². The zero-order chi connectivity index (χ0) is 13.9. The molecule has 0 spiro atoms. The van der Waals surface area contributed by atoms with Gasteiger partial charge in [-0.25, -0.2) is 4.98 Å². The fraction of sp³-hybridized carbons (Fsp3) is 0.538. The number of carbonyl (C=O) groups is 1. The van der Waals surface area contributed by atoms with Crippen LogP contribution in [0, 0.1) is 5.95 Å². The number of nitrogens with one attached hydrogen (secondary N) is 1. The second-order valence-electron chi connectivity index (χ2n) is 3.94. The van der Waals surface area contributed by atoms with Crippen molar-refractivity contribution in [3.63, 3.8) is 0 Å². The van der Waals surface area contributed by atoms with Crippen LogP contribution in [-0.2, 0) is 9.47 Å². The molecular formula is C13H19FN2O3. The highest BCUT2D eigenvalue weighted by atomic mass is 19.1. The summed E-state index contributed by atoms with van der Waals surface area (Å²) in [5.41, 5.74) is 0.359. The molecule has 0 aliphatic rings. The van der Waals surface area contributed by atoms with Crippen molar-refractivity contribution < 1.29 is 18.7 Å². The highest BCUT2D eigenvalue weighted by Crippen LogP contribution is 1.99. The van der Waals surface area contributed by atoms with Crippen molar-refractivity contribution in [1.82, 2.24) is 10.3 Å². The van der Waals surface area contributed by atoms with Crippen LogP contribution in [0.1, 0.15) is 23.2 Å². The molecular weight excluding hydrogens is 251 g/mol. The summed E-state index contributed by atoms with van der Waals surface area (Å²) < 4.78 is 22.7. The fourth-order valence-corrected chi connectivity index (χ4v) is 1.39. The van der Waals surface area contributed by atoms with E-state index in [9.17, 15) is 9.18 Å². The lowest BCUT2D eigenvalue weighted by molar-refractivity contribution is 0.0686. The van der Waals surface area contributed by atoms with Crippen molar-refractivity contribution >= 4 is 5.91 Å². The van der Waals surface area contributed by atoms with Crippen LogP contribution in [0.5, 0.6) is 0 Å².